The minimum Gasteiger partial charge on any atom is -0.484 e. The molecule has 0 saturated carbocycles. The molecule has 29 heavy (non-hydrogen) atoms. The highest BCUT2D eigenvalue weighted by Crippen LogP contribution is 2.29. The standard InChI is InChI=1S/C22H22ClN3O2S/c23-17-6-10-19(11-7-17)28-14-21(27)24-18-8-4-16(5-9-18)20-15-29-22(25-20)26-12-2-1-3-13-26/h4-11,15H,1-3,12-14H2,(H,24,27). The highest BCUT2D eigenvalue weighted by molar-refractivity contribution is 7.14. The van der Waals surface area contributed by atoms with Crippen LogP contribution in [0.4, 0.5) is 10.8 Å². The third-order valence-electron chi connectivity index (χ3n) is 4.77. The van der Waals surface area contributed by atoms with Gasteiger partial charge in [0.05, 0.1) is 5.69 Å². The summed E-state index contributed by atoms with van der Waals surface area (Å²) in [5.41, 5.74) is 2.74. The summed E-state index contributed by atoms with van der Waals surface area (Å²) in [6.07, 6.45) is 3.79. The molecule has 3 aromatic rings. The van der Waals surface area contributed by atoms with Gasteiger partial charge in [-0.25, -0.2) is 4.98 Å². The topological polar surface area (TPSA) is 54.5 Å². The number of aromatic nitrogens is 1. The second-order valence-electron chi connectivity index (χ2n) is 6.93. The number of ether oxygens (including phenoxy) is 1. The lowest BCUT2D eigenvalue weighted by molar-refractivity contribution is -0.118. The van der Waals surface area contributed by atoms with Crippen LogP contribution >= 0.6 is 22.9 Å². The van der Waals surface area contributed by atoms with Gasteiger partial charge in [-0.15, -0.1) is 11.3 Å². The zero-order valence-corrected chi connectivity index (χ0v) is 17.5. The molecule has 150 valence electrons. The van der Waals surface area contributed by atoms with Crippen LogP contribution in [0.25, 0.3) is 11.3 Å². The third-order valence-corrected chi connectivity index (χ3v) is 5.92. The quantitative estimate of drug-likeness (QED) is 0.566. The summed E-state index contributed by atoms with van der Waals surface area (Å²) in [5, 5.41) is 6.66. The number of thiazole rings is 1. The summed E-state index contributed by atoms with van der Waals surface area (Å²) < 4.78 is 5.46. The maximum absolute atomic E-state index is 12.1. The van der Waals surface area contributed by atoms with Gasteiger partial charge in [0.2, 0.25) is 0 Å². The van der Waals surface area contributed by atoms with Gasteiger partial charge in [-0.05, 0) is 55.7 Å². The molecule has 1 saturated heterocycles. The average Bonchev–Trinajstić information content (AvgIpc) is 3.25. The predicted octanol–water partition coefficient (Wildman–Crippen LogP) is 5.47. The fourth-order valence-electron chi connectivity index (χ4n) is 3.23. The maximum atomic E-state index is 12.1. The number of anilines is 2. The van der Waals surface area contributed by atoms with Crippen molar-refractivity contribution >= 4 is 39.7 Å². The van der Waals surface area contributed by atoms with E-state index in [1.54, 1.807) is 35.6 Å². The first kappa shape index (κ1) is 19.7. The van der Waals surface area contributed by atoms with E-state index in [9.17, 15) is 4.79 Å². The fraction of sp³-hybridized carbons (Fsp3) is 0.273. The second kappa shape index (κ2) is 9.29. The Morgan fingerprint density at radius 1 is 1.07 bits per heavy atom. The van der Waals surface area contributed by atoms with Crippen molar-refractivity contribution in [1.82, 2.24) is 4.98 Å². The van der Waals surface area contributed by atoms with E-state index in [0.29, 0.717) is 10.8 Å². The van der Waals surface area contributed by atoms with Crippen molar-refractivity contribution in [1.29, 1.82) is 0 Å². The number of carbonyl (C=O) groups is 1. The number of carbonyl (C=O) groups excluding carboxylic acids is 1. The Bertz CT molecular complexity index is 951. The summed E-state index contributed by atoms with van der Waals surface area (Å²) in [6.45, 7) is 2.13. The molecule has 1 aliphatic heterocycles. The Morgan fingerprint density at radius 2 is 1.79 bits per heavy atom. The van der Waals surface area contributed by atoms with E-state index in [2.05, 4.69) is 15.6 Å². The molecule has 1 aromatic heterocycles. The van der Waals surface area contributed by atoms with Gasteiger partial charge in [-0.1, -0.05) is 23.7 Å². The number of amides is 1. The van der Waals surface area contributed by atoms with Crippen molar-refractivity contribution < 1.29 is 9.53 Å². The molecule has 5 nitrogen and oxygen atoms in total. The molecule has 4 rings (SSSR count). The van der Waals surface area contributed by atoms with Crippen molar-refractivity contribution in [3.63, 3.8) is 0 Å². The van der Waals surface area contributed by atoms with Gasteiger partial charge in [-0.3, -0.25) is 4.79 Å². The van der Waals surface area contributed by atoms with Crippen LogP contribution in [-0.2, 0) is 4.79 Å². The molecular weight excluding hydrogens is 406 g/mol. The van der Waals surface area contributed by atoms with Crippen LogP contribution in [0.3, 0.4) is 0 Å². The SMILES string of the molecule is O=C(COc1ccc(Cl)cc1)Nc1ccc(-c2csc(N3CCCCC3)n2)cc1. The number of nitrogens with zero attached hydrogens (tertiary/aromatic N) is 2. The lowest BCUT2D eigenvalue weighted by Crippen LogP contribution is -2.29. The molecule has 1 fully saturated rings. The number of nitrogens with one attached hydrogen (secondary N) is 1. The normalized spacial score (nSPS) is 13.9. The van der Waals surface area contributed by atoms with E-state index in [1.165, 1.54) is 19.3 Å². The number of rotatable bonds is 6. The predicted molar refractivity (Wildman–Crippen MR) is 119 cm³/mol. The number of benzene rings is 2. The number of halogens is 1. The maximum Gasteiger partial charge on any atom is 0.262 e. The third kappa shape index (κ3) is 5.28. The number of hydrogen-bond donors (Lipinski definition) is 1. The van der Waals surface area contributed by atoms with Crippen molar-refractivity contribution in [2.24, 2.45) is 0 Å². The lowest BCUT2D eigenvalue weighted by Gasteiger charge is -2.25. The first-order chi connectivity index (χ1) is 14.2. The van der Waals surface area contributed by atoms with Crippen LogP contribution in [0.5, 0.6) is 5.75 Å². The monoisotopic (exact) mass is 427 g/mol. The molecule has 2 heterocycles. The van der Waals surface area contributed by atoms with Crippen molar-refractivity contribution in [2.75, 3.05) is 29.9 Å². The minimum absolute atomic E-state index is 0.0608. The molecule has 1 amide bonds. The zero-order valence-electron chi connectivity index (χ0n) is 15.9. The van der Waals surface area contributed by atoms with E-state index in [0.717, 1.165) is 35.2 Å². The molecule has 2 aromatic carbocycles. The van der Waals surface area contributed by atoms with Crippen molar-refractivity contribution in [3.05, 3.63) is 58.9 Å². The van der Waals surface area contributed by atoms with E-state index < -0.39 is 0 Å². The van der Waals surface area contributed by atoms with E-state index >= 15 is 0 Å². The van der Waals surface area contributed by atoms with Crippen LogP contribution in [0.2, 0.25) is 5.02 Å². The molecular formula is C22H22ClN3O2S. The molecule has 0 radical (unpaired) electrons. The summed E-state index contributed by atoms with van der Waals surface area (Å²) in [6, 6.07) is 14.6. The molecule has 1 N–H and O–H groups in total. The van der Waals surface area contributed by atoms with Crippen molar-refractivity contribution in [3.8, 4) is 17.0 Å². The first-order valence-corrected chi connectivity index (χ1v) is 10.9. The van der Waals surface area contributed by atoms with Crippen LogP contribution < -0.4 is 15.0 Å². The zero-order chi connectivity index (χ0) is 20.1. The van der Waals surface area contributed by atoms with Gasteiger partial charge in [0.1, 0.15) is 5.75 Å². The molecule has 0 aliphatic carbocycles. The summed E-state index contributed by atoms with van der Waals surface area (Å²) in [4.78, 5) is 19.3. The van der Waals surface area contributed by atoms with Crippen LogP contribution in [0.1, 0.15) is 19.3 Å². The van der Waals surface area contributed by atoms with E-state index in [-0.39, 0.29) is 12.5 Å². The molecule has 0 bridgehead atoms. The summed E-state index contributed by atoms with van der Waals surface area (Å²) >= 11 is 7.53. The molecule has 0 unspecified atom stereocenters. The van der Waals surface area contributed by atoms with Gasteiger partial charge in [0.25, 0.3) is 5.91 Å². The van der Waals surface area contributed by atoms with Crippen LogP contribution in [0, 0.1) is 0 Å². The van der Waals surface area contributed by atoms with Gasteiger partial charge >= 0.3 is 0 Å². The second-order valence-corrected chi connectivity index (χ2v) is 8.20. The van der Waals surface area contributed by atoms with E-state index in [1.807, 2.05) is 24.3 Å². The average molecular weight is 428 g/mol. The van der Waals surface area contributed by atoms with Gasteiger partial charge in [0, 0.05) is 34.7 Å². The Kier molecular flexibility index (Phi) is 6.32. The Hall–Kier alpha value is -2.57. The highest BCUT2D eigenvalue weighted by atomic mass is 35.5. The summed E-state index contributed by atoms with van der Waals surface area (Å²) in [5.74, 6) is 0.390. The van der Waals surface area contributed by atoms with Gasteiger partial charge < -0.3 is 15.0 Å². The Morgan fingerprint density at radius 3 is 2.52 bits per heavy atom. The lowest BCUT2D eigenvalue weighted by atomic mass is 10.1. The number of hydrogen-bond acceptors (Lipinski definition) is 5. The highest BCUT2D eigenvalue weighted by Gasteiger charge is 2.15. The molecule has 0 spiro atoms. The van der Waals surface area contributed by atoms with Gasteiger partial charge in [0.15, 0.2) is 11.7 Å². The van der Waals surface area contributed by atoms with E-state index in [4.69, 9.17) is 21.3 Å². The first-order valence-electron chi connectivity index (χ1n) is 9.66. The molecule has 7 heteroatoms. The Labute approximate surface area is 179 Å². The molecule has 0 atom stereocenters. The van der Waals surface area contributed by atoms with Crippen molar-refractivity contribution in [2.45, 2.75) is 19.3 Å². The van der Waals surface area contributed by atoms with Gasteiger partial charge in [-0.2, -0.15) is 0 Å². The fourth-order valence-corrected chi connectivity index (χ4v) is 4.24. The summed E-state index contributed by atoms with van der Waals surface area (Å²) in [7, 11) is 0. The largest absolute Gasteiger partial charge is 0.484 e. The molecule has 1 aliphatic rings. The minimum atomic E-state index is -0.214. The van der Waals surface area contributed by atoms with Crippen LogP contribution in [-0.4, -0.2) is 30.6 Å². The Balaban J connectivity index is 1.32. The smallest absolute Gasteiger partial charge is 0.262 e. The van der Waals surface area contributed by atoms with Crippen LogP contribution in [0.15, 0.2) is 53.9 Å². The number of piperidine rings is 1.